The van der Waals surface area contributed by atoms with Gasteiger partial charge in [-0.2, -0.15) is 10.3 Å². The van der Waals surface area contributed by atoms with Crippen molar-refractivity contribution in [3.05, 3.63) is 54.1 Å². The van der Waals surface area contributed by atoms with Gasteiger partial charge in [0.2, 0.25) is 0 Å². The molecule has 0 aliphatic carbocycles. The van der Waals surface area contributed by atoms with E-state index in [0.29, 0.717) is 22.1 Å². The van der Waals surface area contributed by atoms with Crippen molar-refractivity contribution in [3.63, 3.8) is 0 Å². The molecule has 0 aliphatic rings. The molecule has 0 bridgehead atoms. The van der Waals surface area contributed by atoms with Gasteiger partial charge in [-0.3, -0.25) is 10.0 Å². The number of anilines is 1. The number of carbonyl (C=O) groups is 1. The SMILES string of the molecule is CSc1ccc(OC(C)C(=O)N(O)c2ccccc2)c(C#N)c1. The molecule has 0 spiro atoms. The second kappa shape index (κ2) is 7.68. The van der Waals surface area contributed by atoms with Gasteiger partial charge in [-0.15, -0.1) is 11.8 Å². The predicted octanol–water partition coefficient (Wildman–Crippen LogP) is 3.47. The van der Waals surface area contributed by atoms with Crippen LogP contribution in [-0.4, -0.2) is 23.5 Å². The predicted molar refractivity (Wildman–Crippen MR) is 88.7 cm³/mol. The molecule has 1 unspecified atom stereocenters. The summed E-state index contributed by atoms with van der Waals surface area (Å²) in [6, 6.07) is 15.6. The summed E-state index contributed by atoms with van der Waals surface area (Å²) in [4.78, 5) is 13.2. The smallest absolute Gasteiger partial charge is 0.291 e. The van der Waals surface area contributed by atoms with Gasteiger partial charge >= 0.3 is 0 Å². The highest BCUT2D eigenvalue weighted by atomic mass is 32.2. The number of ether oxygens (including phenoxy) is 1. The molecule has 2 aromatic rings. The summed E-state index contributed by atoms with van der Waals surface area (Å²) >= 11 is 1.51. The van der Waals surface area contributed by atoms with Gasteiger partial charge in [0, 0.05) is 4.90 Å². The van der Waals surface area contributed by atoms with Crippen molar-refractivity contribution in [1.82, 2.24) is 0 Å². The molecule has 118 valence electrons. The Morgan fingerprint density at radius 2 is 2.00 bits per heavy atom. The third-order valence-corrected chi connectivity index (χ3v) is 3.89. The number of carbonyl (C=O) groups excluding carboxylic acids is 1. The van der Waals surface area contributed by atoms with Crippen LogP contribution in [0.25, 0.3) is 0 Å². The van der Waals surface area contributed by atoms with Crippen LogP contribution in [-0.2, 0) is 4.79 Å². The van der Waals surface area contributed by atoms with Crippen LogP contribution >= 0.6 is 11.8 Å². The molecule has 2 aromatic carbocycles. The van der Waals surface area contributed by atoms with Gasteiger partial charge in [0.05, 0.1) is 11.3 Å². The highest BCUT2D eigenvalue weighted by Gasteiger charge is 2.23. The zero-order chi connectivity index (χ0) is 16.8. The number of rotatable bonds is 5. The first kappa shape index (κ1) is 16.9. The van der Waals surface area contributed by atoms with E-state index in [1.54, 1.807) is 42.5 Å². The van der Waals surface area contributed by atoms with Crippen molar-refractivity contribution < 1.29 is 14.7 Å². The fourth-order valence-electron chi connectivity index (χ4n) is 1.94. The molecule has 1 amide bonds. The van der Waals surface area contributed by atoms with E-state index in [1.165, 1.54) is 18.7 Å². The minimum Gasteiger partial charge on any atom is -0.479 e. The lowest BCUT2D eigenvalue weighted by Gasteiger charge is -2.20. The molecular weight excluding hydrogens is 312 g/mol. The number of benzene rings is 2. The molecule has 23 heavy (non-hydrogen) atoms. The zero-order valence-corrected chi connectivity index (χ0v) is 13.6. The summed E-state index contributed by atoms with van der Waals surface area (Å²) in [6.07, 6.45) is 0.972. The summed E-state index contributed by atoms with van der Waals surface area (Å²) in [7, 11) is 0. The van der Waals surface area contributed by atoms with Crippen LogP contribution in [0.4, 0.5) is 5.69 Å². The molecule has 6 heteroatoms. The molecule has 1 atom stereocenters. The summed E-state index contributed by atoms with van der Waals surface area (Å²) in [5.41, 5.74) is 0.701. The van der Waals surface area contributed by atoms with E-state index in [-0.39, 0.29) is 0 Å². The average molecular weight is 328 g/mol. The number of para-hydroxylation sites is 1. The molecule has 0 radical (unpaired) electrons. The van der Waals surface area contributed by atoms with Gasteiger partial charge in [0.1, 0.15) is 11.8 Å². The second-order valence-electron chi connectivity index (χ2n) is 4.72. The van der Waals surface area contributed by atoms with E-state index in [0.717, 1.165) is 4.90 Å². The van der Waals surface area contributed by atoms with Crippen molar-refractivity contribution in [2.75, 3.05) is 11.3 Å². The summed E-state index contributed by atoms with van der Waals surface area (Å²) in [5, 5.41) is 19.7. The minimum atomic E-state index is -0.938. The van der Waals surface area contributed by atoms with Crippen LogP contribution in [0, 0.1) is 11.3 Å². The van der Waals surface area contributed by atoms with Crippen molar-refractivity contribution in [2.45, 2.75) is 17.9 Å². The minimum absolute atomic E-state index is 0.313. The lowest BCUT2D eigenvalue weighted by Crippen LogP contribution is -2.38. The lowest BCUT2D eigenvalue weighted by molar-refractivity contribution is -0.129. The van der Waals surface area contributed by atoms with Gasteiger partial charge < -0.3 is 4.74 Å². The number of thioether (sulfide) groups is 1. The summed E-state index contributed by atoms with van der Waals surface area (Å²) in [5.74, 6) is -0.304. The molecule has 0 aliphatic heterocycles. The lowest BCUT2D eigenvalue weighted by atomic mass is 10.2. The molecule has 1 N–H and O–H groups in total. The second-order valence-corrected chi connectivity index (χ2v) is 5.60. The van der Waals surface area contributed by atoms with Crippen molar-refractivity contribution in [2.24, 2.45) is 0 Å². The van der Waals surface area contributed by atoms with Crippen LogP contribution in [0.1, 0.15) is 12.5 Å². The maximum atomic E-state index is 12.2. The van der Waals surface area contributed by atoms with Gasteiger partial charge in [0.15, 0.2) is 6.10 Å². The average Bonchev–Trinajstić information content (AvgIpc) is 2.61. The first-order valence-electron chi connectivity index (χ1n) is 6.89. The maximum Gasteiger partial charge on any atom is 0.291 e. The molecule has 0 saturated carbocycles. The highest BCUT2D eigenvalue weighted by Crippen LogP contribution is 2.25. The van der Waals surface area contributed by atoms with E-state index in [9.17, 15) is 15.3 Å². The van der Waals surface area contributed by atoms with E-state index in [2.05, 4.69) is 0 Å². The van der Waals surface area contributed by atoms with E-state index in [1.807, 2.05) is 18.4 Å². The largest absolute Gasteiger partial charge is 0.479 e. The fraction of sp³-hybridized carbons (Fsp3) is 0.176. The standard InChI is InChI=1S/C17H16N2O3S/c1-12(17(20)19(21)14-6-4-3-5-7-14)22-16-9-8-15(23-2)10-13(16)11-18/h3-10,12,21H,1-2H3. The quantitative estimate of drug-likeness (QED) is 0.517. The van der Waals surface area contributed by atoms with Crippen LogP contribution in [0.5, 0.6) is 5.75 Å². The van der Waals surface area contributed by atoms with Crippen LogP contribution in [0.3, 0.4) is 0 Å². The summed E-state index contributed by atoms with van der Waals surface area (Å²) in [6.45, 7) is 1.53. The van der Waals surface area contributed by atoms with Crippen LogP contribution in [0.15, 0.2) is 53.4 Å². The molecule has 2 rings (SSSR count). The maximum absolute atomic E-state index is 12.2. The number of hydrogen-bond acceptors (Lipinski definition) is 5. The van der Waals surface area contributed by atoms with Crippen LogP contribution in [0.2, 0.25) is 0 Å². The van der Waals surface area contributed by atoms with E-state index in [4.69, 9.17) is 4.74 Å². The Kier molecular flexibility index (Phi) is 5.63. The van der Waals surface area contributed by atoms with Gasteiger partial charge in [-0.25, -0.2) is 0 Å². The Morgan fingerprint density at radius 1 is 1.30 bits per heavy atom. The number of hydroxylamine groups is 1. The van der Waals surface area contributed by atoms with Crippen molar-refractivity contribution in [3.8, 4) is 11.8 Å². The number of nitrogens with zero attached hydrogens (tertiary/aromatic N) is 2. The third-order valence-electron chi connectivity index (χ3n) is 3.17. The Morgan fingerprint density at radius 3 is 2.61 bits per heavy atom. The summed E-state index contributed by atoms with van der Waals surface area (Å²) < 4.78 is 5.56. The molecule has 0 saturated heterocycles. The number of nitriles is 1. The monoisotopic (exact) mass is 328 g/mol. The van der Waals surface area contributed by atoms with Crippen LogP contribution < -0.4 is 9.80 Å². The van der Waals surface area contributed by atoms with Gasteiger partial charge in [0.25, 0.3) is 5.91 Å². The molecule has 0 heterocycles. The molecular formula is C17H16N2O3S. The van der Waals surface area contributed by atoms with E-state index >= 15 is 0 Å². The Hall–Kier alpha value is -2.49. The Bertz CT molecular complexity index is 728. The van der Waals surface area contributed by atoms with E-state index < -0.39 is 12.0 Å². The van der Waals surface area contributed by atoms with Crippen molar-refractivity contribution in [1.29, 1.82) is 5.26 Å². The molecule has 0 fully saturated rings. The molecule has 5 nitrogen and oxygen atoms in total. The van der Waals surface area contributed by atoms with Gasteiger partial charge in [-0.05, 0) is 43.5 Å². The highest BCUT2D eigenvalue weighted by molar-refractivity contribution is 7.98. The Balaban J connectivity index is 2.14. The Labute approximate surface area is 139 Å². The topological polar surface area (TPSA) is 73.6 Å². The number of amides is 1. The first-order valence-corrected chi connectivity index (χ1v) is 8.12. The third kappa shape index (κ3) is 4.03. The fourth-order valence-corrected chi connectivity index (χ4v) is 2.38. The zero-order valence-electron chi connectivity index (χ0n) is 12.8. The van der Waals surface area contributed by atoms with Gasteiger partial charge in [-0.1, -0.05) is 18.2 Å². The van der Waals surface area contributed by atoms with Crippen molar-refractivity contribution >= 4 is 23.4 Å². The number of hydrogen-bond donors (Lipinski definition) is 1. The first-order chi connectivity index (χ1) is 11.1. The normalized spacial score (nSPS) is 11.4. The molecule has 0 aromatic heterocycles.